The molecular formula is C17H28N2O2. The highest BCUT2D eigenvalue weighted by atomic mass is 16.7. The van der Waals surface area contributed by atoms with E-state index in [9.17, 15) is 0 Å². The summed E-state index contributed by atoms with van der Waals surface area (Å²) in [6.45, 7) is 4.97. The molecule has 21 heavy (non-hydrogen) atoms. The maximum atomic E-state index is 5.55. The molecule has 2 atom stereocenters. The van der Waals surface area contributed by atoms with Crippen LogP contribution in [0.3, 0.4) is 0 Å². The van der Waals surface area contributed by atoms with Gasteiger partial charge in [-0.25, -0.2) is 0 Å². The fourth-order valence-electron chi connectivity index (χ4n) is 3.91. The van der Waals surface area contributed by atoms with Gasteiger partial charge in [-0.3, -0.25) is 0 Å². The first kappa shape index (κ1) is 14.5. The standard InChI is InChI=1S/C16H22N2O2.CH4.H2/c1-16(8-11-4-3-5-18(11)2)9-17-13-7-15-14(6-12(13)16)19-10-20-15;;/h6-7,11,17H,3-5,8-10H2,1-2H3;1H4;1H/t11-,16?;;/m1../s1. The normalized spacial score (nSPS) is 29.9. The number of rotatable bonds is 2. The Morgan fingerprint density at radius 3 is 2.86 bits per heavy atom. The van der Waals surface area contributed by atoms with Crippen molar-refractivity contribution in [1.82, 2.24) is 4.90 Å². The Bertz CT molecular complexity index is 552. The van der Waals surface area contributed by atoms with Gasteiger partial charge < -0.3 is 19.7 Å². The van der Waals surface area contributed by atoms with Crippen LogP contribution in [0.4, 0.5) is 5.69 Å². The van der Waals surface area contributed by atoms with E-state index in [1.54, 1.807) is 0 Å². The van der Waals surface area contributed by atoms with Crippen LogP contribution >= 0.6 is 0 Å². The maximum Gasteiger partial charge on any atom is 0.231 e. The van der Waals surface area contributed by atoms with Gasteiger partial charge in [-0.1, -0.05) is 14.4 Å². The van der Waals surface area contributed by atoms with Crippen molar-refractivity contribution >= 4 is 5.69 Å². The molecule has 1 saturated heterocycles. The van der Waals surface area contributed by atoms with Gasteiger partial charge in [-0.2, -0.15) is 0 Å². The van der Waals surface area contributed by atoms with E-state index in [1.807, 2.05) is 0 Å². The highest BCUT2D eigenvalue weighted by Gasteiger charge is 2.39. The van der Waals surface area contributed by atoms with Gasteiger partial charge in [0.2, 0.25) is 6.79 Å². The van der Waals surface area contributed by atoms with Gasteiger partial charge in [0, 0.05) is 31.2 Å². The molecule has 4 nitrogen and oxygen atoms in total. The fraction of sp³-hybridized carbons (Fsp3) is 0.647. The monoisotopic (exact) mass is 292 g/mol. The zero-order chi connectivity index (χ0) is 13.7. The third-order valence-electron chi connectivity index (χ3n) is 5.19. The molecule has 118 valence electrons. The Morgan fingerprint density at radius 1 is 1.38 bits per heavy atom. The second kappa shape index (κ2) is 5.09. The van der Waals surface area contributed by atoms with Gasteiger partial charge >= 0.3 is 0 Å². The quantitative estimate of drug-likeness (QED) is 0.905. The molecule has 0 bridgehead atoms. The lowest BCUT2D eigenvalue weighted by atomic mass is 9.78. The highest BCUT2D eigenvalue weighted by Crippen LogP contribution is 2.47. The molecule has 1 aromatic carbocycles. The van der Waals surface area contributed by atoms with E-state index in [1.165, 1.54) is 37.1 Å². The first-order chi connectivity index (χ1) is 9.66. The van der Waals surface area contributed by atoms with Crippen LogP contribution in [0.1, 0.15) is 40.6 Å². The largest absolute Gasteiger partial charge is 0.454 e. The van der Waals surface area contributed by atoms with Crippen LogP contribution in [-0.4, -0.2) is 37.9 Å². The van der Waals surface area contributed by atoms with Gasteiger partial charge in [0.15, 0.2) is 11.5 Å². The molecule has 4 heteroatoms. The van der Waals surface area contributed by atoms with E-state index in [4.69, 9.17) is 9.47 Å². The van der Waals surface area contributed by atoms with Crippen LogP contribution in [-0.2, 0) is 5.41 Å². The maximum absolute atomic E-state index is 5.55. The lowest BCUT2D eigenvalue weighted by Gasteiger charge is -2.31. The minimum absolute atomic E-state index is 0. The molecule has 4 rings (SSSR count). The van der Waals surface area contributed by atoms with Gasteiger partial charge in [-0.15, -0.1) is 0 Å². The lowest BCUT2D eigenvalue weighted by molar-refractivity contribution is 0.174. The Balaban J connectivity index is 0.000000882. The average Bonchev–Trinajstić information content (AvgIpc) is 3.11. The van der Waals surface area contributed by atoms with Crippen LogP contribution < -0.4 is 14.8 Å². The van der Waals surface area contributed by atoms with Crippen LogP contribution in [0.25, 0.3) is 0 Å². The van der Waals surface area contributed by atoms with Crippen molar-refractivity contribution in [2.75, 3.05) is 32.2 Å². The van der Waals surface area contributed by atoms with E-state index in [2.05, 4.69) is 36.3 Å². The molecule has 0 aromatic heterocycles. The van der Waals surface area contributed by atoms with Crippen molar-refractivity contribution in [3.05, 3.63) is 17.7 Å². The molecule has 3 aliphatic heterocycles. The molecule has 1 aromatic rings. The van der Waals surface area contributed by atoms with Gasteiger partial charge in [0.05, 0.1) is 0 Å². The molecule has 1 fully saturated rings. The molecule has 3 aliphatic rings. The zero-order valence-corrected chi connectivity index (χ0v) is 12.2. The average molecular weight is 292 g/mol. The summed E-state index contributed by atoms with van der Waals surface area (Å²) >= 11 is 0. The Kier molecular flexibility index (Phi) is 3.52. The smallest absolute Gasteiger partial charge is 0.231 e. The highest BCUT2D eigenvalue weighted by molar-refractivity contribution is 5.67. The number of ether oxygens (including phenoxy) is 2. The molecule has 0 amide bonds. The summed E-state index contributed by atoms with van der Waals surface area (Å²) in [6, 6.07) is 4.99. The van der Waals surface area contributed by atoms with Crippen LogP contribution in [0.2, 0.25) is 0 Å². The number of nitrogens with zero attached hydrogens (tertiary/aromatic N) is 1. The van der Waals surface area contributed by atoms with Crippen molar-refractivity contribution < 1.29 is 10.9 Å². The number of fused-ring (bicyclic) bond motifs is 2. The number of nitrogens with one attached hydrogen (secondary N) is 1. The molecule has 3 heterocycles. The second-order valence-electron chi connectivity index (χ2n) is 6.65. The van der Waals surface area contributed by atoms with E-state index < -0.39 is 0 Å². The van der Waals surface area contributed by atoms with Crippen molar-refractivity contribution in [2.45, 2.75) is 45.1 Å². The Hall–Kier alpha value is -1.42. The molecule has 1 unspecified atom stereocenters. The van der Waals surface area contributed by atoms with Crippen LogP contribution in [0, 0.1) is 0 Å². The van der Waals surface area contributed by atoms with Crippen molar-refractivity contribution in [2.24, 2.45) is 0 Å². The first-order valence-corrected chi connectivity index (χ1v) is 7.54. The summed E-state index contributed by atoms with van der Waals surface area (Å²) in [6.07, 6.45) is 3.87. The SMILES string of the molecule is C.CN1CCC[C@@H]1CC1(C)CNc2cc3c(cc21)OCO3.[HH]. The number of likely N-dealkylation sites (tertiary alicyclic amines) is 1. The van der Waals surface area contributed by atoms with Crippen molar-refractivity contribution in [3.63, 3.8) is 0 Å². The molecule has 0 radical (unpaired) electrons. The third-order valence-corrected chi connectivity index (χ3v) is 5.19. The number of anilines is 1. The minimum Gasteiger partial charge on any atom is -0.454 e. The summed E-state index contributed by atoms with van der Waals surface area (Å²) < 4.78 is 11.0. The predicted octanol–water partition coefficient (Wildman–Crippen LogP) is 3.46. The summed E-state index contributed by atoms with van der Waals surface area (Å²) in [5.74, 6) is 1.77. The van der Waals surface area contributed by atoms with Gasteiger partial charge in [0.1, 0.15) is 0 Å². The third kappa shape index (κ3) is 2.26. The first-order valence-electron chi connectivity index (χ1n) is 7.54. The number of hydrogen-bond donors (Lipinski definition) is 1. The van der Waals surface area contributed by atoms with Gasteiger partial charge in [-0.05, 0) is 44.5 Å². The fourth-order valence-corrected chi connectivity index (χ4v) is 3.91. The molecular weight excluding hydrogens is 264 g/mol. The topological polar surface area (TPSA) is 33.7 Å². The molecule has 0 saturated carbocycles. The summed E-state index contributed by atoms with van der Waals surface area (Å²) in [5.41, 5.74) is 2.80. The minimum atomic E-state index is 0. The van der Waals surface area contributed by atoms with E-state index >= 15 is 0 Å². The van der Waals surface area contributed by atoms with E-state index in [0.29, 0.717) is 12.8 Å². The molecule has 1 N–H and O–H groups in total. The Labute approximate surface area is 128 Å². The van der Waals surface area contributed by atoms with Crippen molar-refractivity contribution in [1.29, 1.82) is 0 Å². The lowest BCUT2D eigenvalue weighted by Crippen LogP contribution is -2.35. The van der Waals surface area contributed by atoms with Crippen LogP contribution in [0.5, 0.6) is 11.5 Å². The summed E-state index contributed by atoms with van der Waals surface area (Å²) in [7, 11) is 2.25. The molecule has 0 aliphatic carbocycles. The number of hydrogen-bond acceptors (Lipinski definition) is 4. The van der Waals surface area contributed by atoms with E-state index in [-0.39, 0.29) is 14.3 Å². The van der Waals surface area contributed by atoms with Gasteiger partial charge in [0.25, 0.3) is 0 Å². The second-order valence-corrected chi connectivity index (χ2v) is 6.65. The molecule has 0 spiro atoms. The predicted molar refractivity (Wildman–Crippen MR) is 87.5 cm³/mol. The Morgan fingerprint density at radius 2 is 2.14 bits per heavy atom. The van der Waals surface area contributed by atoms with Crippen molar-refractivity contribution in [3.8, 4) is 11.5 Å². The number of benzene rings is 1. The summed E-state index contributed by atoms with van der Waals surface area (Å²) in [5, 5.41) is 3.56. The van der Waals surface area contributed by atoms with Crippen LogP contribution in [0.15, 0.2) is 12.1 Å². The zero-order valence-electron chi connectivity index (χ0n) is 12.2. The van der Waals surface area contributed by atoms with E-state index in [0.717, 1.165) is 18.0 Å². The summed E-state index contributed by atoms with van der Waals surface area (Å²) in [4.78, 5) is 2.51.